The summed E-state index contributed by atoms with van der Waals surface area (Å²) in [5.41, 5.74) is -2.08. The van der Waals surface area contributed by atoms with Crippen LogP contribution in [0.1, 0.15) is 18.4 Å². The number of aromatic amines is 1. The van der Waals surface area contributed by atoms with Crippen molar-refractivity contribution in [1.82, 2.24) is 14.1 Å². The molecule has 2 aromatic heterocycles. The third-order valence-corrected chi connectivity index (χ3v) is 9.67. The number of anilines is 3. The lowest BCUT2D eigenvalue weighted by Gasteiger charge is -2.17. The smallest absolute Gasteiger partial charge is 0.333 e. The molecule has 0 amide bonds. The van der Waals surface area contributed by atoms with E-state index in [1.807, 2.05) is 22.6 Å². The number of H-pyrrole nitrogens is 1. The van der Waals surface area contributed by atoms with Crippen LogP contribution in [-0.2, 0) is 17.1 Å². The molecule has 1 fully saturated rings. The molecule has 10 nitrogen and oxygen atoms in total. The first-order valence-electron chi connectivity index (χ1n) is 11.7. The highest BCUT2D eigenvalue weighted by atomic mass is 127. The third kappa shape index (κ3) is 4.54. The predicted octanol–water partition coefficient (Wildman–Crippen LogP) is 3.42. The van der Waals surface area contributed by atoms with E-state index in [0.717, 1.165) is 9.13 Å². The molecule has 14 heteroatoms. The van der Waals surface area contributed by atoms with Gasteiger partial charge in [-0.3, -0.25) is 18.9 Å². The van der Waals surface area contributed by atoms with E-state index in [-0.39, 0.29) is 52.2 Å². The molecule has 0 unspecified atom stereocenters. The second kappa shape index (κ2) is 9.59. The van der Waals surface area contributed by atoms with Gasteiger partial charge in [0, 0.05) is 16.2 Å². The van der Waals surface area contributed by atoms with Gasteiger partial charge in [-0.05, 0) is 78.8 Å². The molecule has 2 heterocycles. The number of nitrogens with zero attached hydrogens (tertiary/aromatic N) is 2. The topological polar surface area (TPSA) is 135 Å². The van der Waals surface area contributed by atoms with Gasteiger partial charge in [0.15, 0.2) is 0 Å². The maximum Gasteiger partial charge on any atom is 0.333 e. The van der Waals surface area contributed by atoms with Gasteiger partial charge in [-0.2, -0.15) is 0 Å². The maximum atomic E-state index is 14.7. The molecule has 0 spiro atoms. The average molecular weight is 669 g/mol. The van der Waals surface area contributed by atoms with Crippen molar-refractivity contribution in [3.8, 4) is 5.69 Å². The summed E-state index contributed by atoms with van der Waals surface area (Å²) >= 11 is 1.95. The fourth-order valence-corrected chi connectivity index (χ4v) is 6.24. The van der Waals surface area contributed by atoms with E-state index in [2.05, 4.69) is 15.0 Å². The fourth-order valence-electron chi connectivity index (χ4n) is 4.35. The Morgan fingerprint density at radius 1 is 1.10 bits per heavy atom. The van der Waals surface area contributed by atoms with Crippen LogP contribution in [0.4, 0.5) is 26.0 Å². The van der Waals surface area contributed by atoms with Crippen LogP contribution in [0.3, 0.4) is 0 Å². The van der Waals surface area contributed by atoms with Gasteiger partial charge in [0.05, 0.1) is 22.6 Å². The van der Waals surface area contributed by atoms with Crippen LogP contribution in [0.25, 0.3) is 16.6 Å². The van der Waals surface area contributed by atoms with E-state index in [0.29, 0.717) is 3.57 Å². The lowest BCUT2D eigenvalue weighted by atomic mass is 10.1. The summed E-state index contributed by atoms with van der Waals surface area (Å²) < 4.78 is 56.9. The number of aryl methyl sites for hydroxylation is 1. The summed E-state index contributed by atoms with van der Waals surface area (Å²) in [7, 11) is -2.65. The third-order valence-electron chi connectivity index (χ3n) is 6.84. The SMILES string of the molecule is Cc1c(=O)n(C)c(Nc2ccc(I)cc2F)c2c(=O)n(-c3cccc(NS(=O)(=O)C4(CF)CC4)c3)c(=O)[nH]c12. The zero-order valence-electron chi connectivity index (χ0n) is 20.6. The van der Waals surface area contributed by atoms with Gasteiger partial charge < -0.3 is 10.3 Å². The highest BCUT2D eigenvalue weighted by molar-refractivity contribution is 14.1. The Bertz CT molecular complexity index is 1950. The van der Waals surface area contributed by atoms with E-state index in [1.54, 1.807) is 6.07 Å². The summed E-state index contributed by atoms with van der Waals surface area (Å²) in [6.45, 7) is 0.425. The van der Waals surface area contributed by atoms with E-state index in [1.165, 1.54) is 50.4 Å². The number of nitrogens with one attached hydrogen (secondary N) is 3. The summed E-state index contributed by atoms with van der Waals surface area (Å²) in [4.78, 5) is 42.4. The number of benzene rings is 2. The zero-order valence-corrected chi connectivity index (χ0v) is 23.6. The maximum absolute atomic E-state index is 14.7. The summed E-state index contributed by atoms with van der Waals surface area (Å²) in [5.74, 6) is -0.666. The van der Waals surface area contributed by atoms with Crippen molar-refractivity contribution in [1.29, 1.82) is 0 Å². The van der Waals surface area contributed by atoms with Gasteiger partial charge >= 0.3 is 5.69 Å². The molecule has 0 radical (unpaired) electrons. The number of halogens is 3. The van der Waals surface area contributed by atoms with E-state index >= 15 is 0 Å². The van der Waals surface area contributed by atoms with Crippen molar-refractivity contribution in [2.45, 2.75) is 24.5 Å². The number of fused-ring (bicyclic) bond motifs is 1. The van der Waals surface area contributed by atoms with Crippen LogP contribution in [-0.4, -0.2) is 34.0 Å². The van der Waals surface area contributed by atoms with Crippen molar-refractivity contribution in [3.63, 3.8) is 0 Å². The number of sulfonamides is 1. The molecule has 0 aliphatic heterocycles. The monoisotopic (exact) mass is 669 g/mol. The van der Waals surface area contributed by atoms with Crippen LogP contribution in [0.5, 0.6) is 0 Å². The molecule has 1 aliphatic rings. The highest BCUT2D eigenvalue weighted by Gasteiger charge is 2.55. The molecule has 0 bridgehead atoms. The van der Waals surface area contributed by atoms with Crippen LogP contribution in [0, 0.1) is 16.3 Å². The first-order chi connectivity index (χ1) is 18.4. The van der Waals surface area contributed by atoms with Crippen molar-refractivity contribution in [3.05, 3.63) is 88.6 Å². The van der Waals surface area contributed by atoms with Gasteiger partial charge in [0.2, 0.25) is 10.0 Å². The zero-order chi connectivity index (χ0) is 28.3. The molecule has 204 valence electrons. The van der Waals surface area contributed by atoms with Crippen LogP contribution in [0.15, 0.2) is 56.8 Å². The minimum Gasteiger partial charge on any atom is -0.338 e. The van der Waals surface area contributed by atoms with Crippen LogP contribution >= 0.6 is 22.6 Å². The molecule has 0 saturated heterocycles. The average Bonchev–Trinajstić information content (AvgIpc) is 3.69. The second-order valence-corrected chi connectivity index (χ2v) is 12.7. The Morgan fingerprint density at radius 2 is 1.82 bits per heavy atom. The molecular formula is C25H22F2IN5O5S. The number of pyridine rings is 1. The first kappa shape index (κ1) is 27.1. The minimum atomic E-state index is -4.05. The molecule has 1 aliphatic carbocycles. The number of hydrogen-bond donors (Lipinski definition) is 3. The quantitative estimate of drug-likeness (QED) is 0.259. The number of hydrogen-bond acceptors (Lipinski definition) is 6. The normalized spacial score (nSPS) is 14.4. The Morgan fingerprint density at radius 3 is 2.46 bits per heavy atom. The van der Waals surface area contributed by atoms with Gasteiger partial charge in [-0.1, -0.05) is 6.07 Å². The second-order valence-electron chi connectivity index (χ2n) is 9.38. The minimum absolute atomic E-state index is 0.00555. The molecule has 4 aromatic rings. The lowest BCUT2D eigenvalue weighted by Crippen LogP contribution is -2.36. The molecule has 0 atom stereocenters. The van der Waals surface area contributed by atoms with Gasteiger partial charge in [-0.25, -0.2) is 26.6 Å². The van der Waals surface area contributed by atoms with Crippen molar-refractivity contribution in [2.75, 3.05) is 16.7 Å². The Labute approximate surface area is 233 Å². The van der Waals surface area contributed by atoms with Gasteiger partial charge in [-0.15, -0.1) is 0 Å². The summed E-state index contributed by atoms with van der Waals surface area (Å²) in [6, 6.07) is 9.91. The van der Waals surface area contributed by atoms with Crippen LogP contribution in [0.2, 0.25) is 0 Å². The van der Waals surface area contributed by atoms with Crippen molar-refractivity contribution >= 4 is 60.7 Å². The van der Waals surface area contributed by atoms with Crippen molar-refractivity contribution < 1.29 is 17.2 Å². The largest absolute Gasteiger partial charge is 0.338 e. The molecule has 5 rings (SSSR count). The lowest BCUT2D eigenvalue weighted by molar-refractivity contribution is 0.458. The highest BCUT2D eigenvalue weighted by Crippen LogP contribution is 2.44. The van der Waals surface area contributed by atoms with E-state index in [4.69, 9.17) is 0 Å². The fraction of sp³-hybridized carbons (Fsp3) is 0.240. The molecule has 39 heavy (non-hydrogen) atoms. The molecule has 2 aromatic carbocycles. The summed E-state index contributed by atoms with van der Waals surface area (Å²) in [6.07, 6.45) is 0.384. The Kier molecular flexibility index (Phi) is 6.65. The Hall–Kier alpha value is -3.53. The molecular weight excluding hydrogens is 647 g/mol. The van der Waals surface area contributed by atoms with E-state index in [9.17, 15) is 31.6 Å². The van der Waals surface area contributed by atoms with Crippen molar-refractivity contribution in [2.24, 2.45) is 7.05 Å². The molecule has 1 saturated carbocycles. The van der Waals surface area contributed by atoms with Gasteiger partial charge in [0.25, 0.3) is 11.1 Å². The number of alkyl halides is 1. The first-order valence-corrected chi connectivity index (χ1v) is 14.2. The van der Waals surface area contributed by atoms with Gasteiger partial charge in [0.1, 0.15) is 28.4 Å². The Balaban J connectivity index is 1.70. The predicted molar refractivity (Wildman–Crippen MR) is 153 cm³/mol. The number of rotatable bonds is 7. The standard InChI is InChI=1S/C25H22F2IN5O5S/c1-13-20-19(21(32(2)22(13)34)29-18-7-6-14(28)10-17(18)27)23(35)33(24(36)30-20)16-5-3-4-15(11-16)31-39(37,38)25(12-26)8-9-25/h3-7,10-11,29,31H,8-9,12H2,1-2H3,(H,30,36). The summed E-state index contributed by atoms with van der Waals surface area (Å²) in [5, 5.41) is 2.72. The van der Waals surface area contributed by atoms with Crippen LogP contribution < -0.4 is 26.8 Å². The number of aromatic nitrogens is 3. The van der Waals surface area contributed by atoms with E-state index < -0.39 is 44.1 Å². The molecule has 3 N–H and O–H groups in total.